The Kier molecular flexibility index (Phi) is 4.17. The number of aromatic nitrogens is 1. The molecule has 0 spiro atoms. The number of hydrogen-bond acceptors (Lipinski definition) is 3. The van der Waals surface area contributed by atoms with Gasteiger partial charge in [0.15, 0.2) is 0 Å². The van der Waals surface area contributed by atoms with E-state index < -0.39 is 0 Å². The molecule has 0 aliphatic carbocycles. The van der Waals surface area contributed by atoms with Gasteiger partial charge in [0, 0.05) is 56.4 Å². The summed E-state index contributed by atoms with van der Waals surface area (Å²) in [6.45, 7) is 9.94. The second-order valence-electron chi connectivity index (χ2n) is 6.06. The molecule has 1 saturated heterocycles. The van der Waals surface area contributed by atoms with E-state index in [1.165, 1.54) is 16.5 Å². The molecule has 1 N–H and O–H groups in total. The monoisotopic (exact) mass is 287 g/mol. The summed E-state index contributed by atoms with van der Waals surface area (Å²) in [7, 11) is 1.73. The van der Waals surface area contributed by atoms with Crippen LogP contribution in [0.2, 0.25) is 0 Å². The van der Waals surface area contributed by atoms with Crippen molar-refractivity contribution < 1.29 is 4.74 Å². The molecule has 21 heavy (non-hydrogen) atoms. The predicted molar refractivity (Wildman–Crippen MR) is 87.0 cm³/mol. The number of methoxy groups -OCH3 is 1. The molecule has 1 aliphatic rings. The zero-order valence-electron chi connectivity index (χ0n) is 13.2. The van der Waals surface area contributed by atoms with Gasteiger partial charge in [-0.25, -0.2) is 0 Å². The SMILES string of the molecule is COc1ccc2c(CN3CCNCC3)cn(C(C)C)c2c1. The van der Waals surface area contributed by atoms with Gasteiger partial charge in [-0.1, -0.05) is 0 Å². The lowest BCUT2D eigenvalue weighted by Crippen LogP contribution is -2.42. The summed E-state index contributed by atoms with van der Waals surface area (Å²) in [6, 6.07) is 6.87. The summed E-state index contributed by atoms with van der Waals surface area (Å²) in [5, 5.41) is 4.76. The summed E-state index contributed by atoms with van der Waals surface area (Å²) in [5.74, 6) is 0.927. The lowest BCUT2D eigenvalue weighted by atomic mass is 10.1. The highest BCUT2D eigenvalue weighted by Gasteiger charge is 2.15. The van der Waals surface area contributed by atoms with Crippen LogP contribution in [0.5, 0.6) is 5.75 Å². The summed E-state index contributed by atoms with van der Waals surface area (Å²) >= 11 is 0. The van der Waals surface area contributed by atoms with Crippen LogP contribution < -0.4 is 10.1 Å². The molecule has 1 aromatic heterocycles. The summed E-state index contributed by atoms with van der Waals surface area (Å²) in [5.41, 5.74) is 2.69. The Morgan fingerprint density at radius 2 is 2.00 bits per heavy atom. The molecule has 1 fully saturated rings. The minimum atomic E-state index is 0.455. The third-order valence-corrected chi connectivity index (χ3v) is 4.28. The fraction of sp³-hybridized carbons (Fsp3) is 0.529. The number of ether oxygens (including phenoxy) is 1. The van der Waals surface area contributed by atoms with Crippen LogP contribution in [-0.4, -0.2) is 42.8 Å². The number of benzene rings is 1. The largest absolute Gasteiger partial charge is 0.497 e. The molecule has 2 heterocycles. The first-order chi connectivity index (χ1) is 10.2. The fourth-order valence-electron chi connectivity index (χ4n) is 3.09. The average Bonchev–Trinajstić information content (AvgIpc) is 2.86. The molecule has 0 bridgehead atoms. The fourth-order valence-corrected chi connectivity index (χ4v) is 3.09. The molecule has 3 rings (SSSR count). The van der Waals surface area contributed by atoms with Crippen molar-refractivity contribution in [2.45, 2.75) is 26.4 Å². The zero-order chi connectivity index (χ0) is 14.8. The highest BCUT2D eigenvalue weighted by molar-refractivity contribution is 5.85. The zero-order valence-corrected chi connectivity index (χ0v) is 13.2. The van der Waals surface area contributed by atoms with Gasteiger partial charge in [-0.05, 0) is 31.5 Å². The molecule has 0 saturated carbocycles. The smallest absolute Gasteiger partial charge is 0.120 e. The van der Waals surface area contributed by atoms with Gasteiger partial charge in [0.05, 0.1) is 12.6 Å². The molecule has 0 unspecified atom stereocenters. The first kappa shape index (κ1) is 14.4. The Morgan fingerprint density at radius 1 is 1.24 bits per heavy atom. The number of hydrogen-bond donors (Lipinski definition) is 1. The van der Waals surface area contributed by atoms with Crippen molar-refractivity contribution in [1.82, 2.24) is 14.8 Å². The van der Waals surface area contributed by atoms with Crippen LogP contribution in [0.3, 0.4) is 0 Å². The van der Waals surface area contributed by atoms with Gasteiger partial charge in [-0.15, -0.1) is 0 Å². The standard InChI is InChI=1S/C17H25N3O/c1-13(2)20-12-14(11-19-8-6-18-7-9-19)16-5-4-15(21-3)10-17(16)20/h4-5,10,12-13,18H,6-9,11H2,1-3H3. The van der Waals surface area contributed by atoms with Gasteiger partial charge >= 0.3 is 0 Å². The van der Waals surface area contributed by atoms with Crippen LogP contribution in [0.25, 0.3) is 10.9 Å². The number of nitrogens with one attached hydrogen (secondary N) is 1. The van der Waals surface area contributed by atoms with E-state index in [-0.39, 0.29) is 0 Å². The molecule has 4 heteroatoms. The Bertz CT molecular complexity index is 612. The Hall–Kier alpha value is -1.52. The second kappa shape index (κ2) is 6.08. The molecular weight excluding hydrogens is 262 g/mol. The van der Waals surface area contributed by atoms with E-state index in [1.54, 1.807) is 7.11 Å². The number of fused-ring (bicyclic) bond motifs is 1. The van der Waals surface area contributed by atoms with E-state index >= 15 is 0 Å². The van der Waals surface area contributed by atoms with E-state index in [0.717, 1.165) is 38.5 Å². The summed E-state index contributed by atoms with van der Waals surface area (Å²) < 4.78 is 7.74. The molecule has 1 aliphatic heterocycles. The highest BCUT2D eigenvalue weighted by Crippen LogP contribution is 2.29. The molecule has 0 amide bonds. The Labute approximate surface area is 126 Å². The van der Waals surface area contributed by atoms with E-state index in [2.05, 4.69) is 53.0 Å². The molecule has 0 radical (unpaired) electrons. The van der Waals surface area contributed by atoms with E-state index in [1.807, 2.05) is 0 Å². The molecule has 114 valence electrons. The minimum absolute atomic E-state index is 0.455. The van der Waals surface area contributed by atoms with Gasteiger partial charge in [0.2, 0.25) is 0 Å². The van der Waals surface area contributed by atoms with Crippen molar-refractivity contribution in [3.8, 4) is 5.75 Å². The minimum Gasteiger partial charge on any atom is -0.497 e. The Balaban J connectivity index is 1.97. The third-order valence-electron chi connectivity index (χ3n) is 4.28. The van der Waals surface area contributed by atoms with Crippen LogP contribution in [0.1, 0.15) is 25.5 Å². The number of piperazine rings is 1. The molecule has 0 atom stereocenters. The van der Waals surface area contributed by atoms with Gasteiger partial charge in [-0.3, -0.25) is 4.90 Å². The maximum Gasteiger partial charge on any atom is 0.120 e. The van der Waals surface area contributed by atoms with Crippen LogP contribution in [-0.2, 0) is 6.54 Å². The van der Waals surface area contributed by atoms with Gasteiger partial charge in [-0.2, -0.15) is 0 Å². The normalized spacial score (nSPS) is 16.8. The van der Waals surface area contributed by atoms with E-state index in [0.29, 0.717) is 6.04 Å². The molecular formula is C17H25N3O. The first-order valence-corrected chi connectivity index (χ1v) is 7.79. The van der Waals surface area contributed by atoms with Crippen molar-refractivity contribution in [2.24, 2.45) is 0 Å². The average molecular weight is 287 g/mol. The van der Waals surface area contributed by atoms with Gasteiger partial charge in [0.25, 0.3) is 0 Å². The van der Waals surface area contributed by atoms with Crippen molar-refractivity contribution in [2.75, 3.05) is 33.3 Å². The number of rotatable bonds is 4. The van der Waals surface area contributed by atoms with Crippen LogP contribution in [0, 0.1) is 0 Å². The number of nitrogens with zero attached hydrogens (tertiary/aromatic N) is 2. The van der Waals surface area contributed by atoms with Crippen molar-refractivity contribution in [3.05, 3.63) is 30.0 Å². The van der Waals surface area contributed by atoms with Gasteiger partial charge in [0.1, 0.15) is 5.75 Å². The summed E-state index contributed by atoms with van der Waals surface area (Å²) in [6.07, 6.45) is 2.32. The topological polar surface area (TPSA) is 29.4 Å². The van der Waals surface area contributed by atoms with Crippen LogP contribution in [0.15, 0.2) is 24.4 Å². The highest BCUT2D eigenvalue weighted by atomic mass is 16.5. The second-order valence-corrected chi connectivity index (χ2v) is 6.06. The third kappa shape index (κ3) is 2.92. The van der Waals surface area contributed by atoms with Crippen molar-refractivity contribution in [3.63, 3.8) is 0 Å². The predicted octanol–water partition coefficient (Wildman–Crippen LogP) is 2.64. The van der Waals surface area contributed by atoms with Crippen molar-refractivity contribution in [1.29, 1.82) is 0 Å². The maximum absolute atomic E-state index is 5.38. The van der Waals surface area contributed by atoms with Crippen LogP contribution in [0.4, 0.5) is 0 Å². The molecule has 1 aromatic carbocycles. The molecule has 2 aromatic rings. The molecule has 4 nitrogen and oxygen atoms in total. The lowest BCUT2D eigenvalue weighted by Gasteiger charge is -2.26. The Morgan fingerprint density at radius 3 is 2.67 bits per heavy atom. The first-order valence-electron chi connectivity index (χ1n) is 7.79. The lowest BCUT2D eigenvalue weighted by molar-refractivity contribution is 0.234. The maximum atomic E-state index is 5.38. The van der Waals surface area contributed by atoms with Crippen molar-refractivity contribution >= 4 is 10.9 Å². The van der Waals surface area contributed by atoms with Crippen LogP contribution >= 0.6 is 0 Å². The van der Waals surface area contributed by atoms with Gasteiger partial charge < -0.3 is 14.6 Å². The van der Waals surface area contributed by atoms with E-state index in [4.69, 9.17) is 4.74 Å². The quantitative estimate of drug-likeness (QED) is 0.937. The summed E-state index contributed by atoms with van der Waals surface area (Å²) in [4.78, 5) is 2.53. The van der Waals surface area contributed by atoms with E-state index in [9.17, 15) is 0 Å².